The number of rotatable bonds is 5. The third-order valence-electron chi connectivity index (χ3n) is 5.07. The van der Waals surface area contributed by atoms with Crippen molar-refractivity contribution in [2.24, 2.45) is 5.92 Å². The van der Waals surface area contributed by atoms with Crippen LogP contribution in [-0.4, -0.2) is 53.7 Å². The SMILES string of the molecule is CC(C)(C)OC(=O)N1CC[C@@H](C(=O)NCCCc2ccc3c(n2)NCCC3)C1. The quantitative estimate of drug-likeness (QED) is 0.758. The first-order valence-corrected chi connectivity index (χ1v) is 10.3. The van der Waals surface area contributed by atoms with Gasteiger partial charge in [0.25, 0.3) is 0 Å². The fourth-order valence-corrected chi connectivity index (χ4v) is 3.60. The van der Waals surface area contributed by atoms with Gasteiger partial charge in [-0.1, -0.05) is 6.07 Å². The van der Waals surface area contributed by atoms with Crippen LogP contribution < -0.4 is 10.6 Å². The minimum absolute atomic E-state index is 0.0196. The first-order valence-electron chi connectivity index (χ1n) is 10.3. The summed E-state index contributed by atoms with van der Waals surface area (Å²) in [6, 6.07) is 4.25. The van der Waals surface area contributed by atoms with Crippen LogP contribution in [0.5, 0.6) is 0 Å². The van der Waals surface area contributed by atoms with Crippen molar-refractivity contribution < 1.29 is 14.3 Å². The molecule has 1 aromatic rings. The van der Waals surface area contributed by atoms with Gasteiger partial charge in [0, 0.05) is 31.9 Å². The van der Waals surface area contributed by atoms with Gasteiger partial charge in [-0.05, 0) is 64.5 Å². The molecule has 0 aliphatic carbocycles. The number of carbonyl (C=O) groups excluding carboxylic acids is 2. The van der Waals surface area contributed by atoms with Crippen LogP contribution >= 0.6 is 0 Å². The van der Waals surface area contributed by atoms with E-state index in [0.717, 1.165) is 43.7 Å². The molecule has 0 saturated carbocycles. The molecule has 154 valence electrons. The number of ether oxygens (including phenoxy) is 1. The Morgan fingerprint density at radius 1 is 1.36 bits per heavy atom. The van der Waals surface area contributed by atoms with Crippen LogP contribution in [0, 0.1) is 5.92 Å². The molecular weight excluding hydrogens is 356 g/mol. The molecule has 3 heterocycles. The molecule has 1 atom stereocenters. The van der Waals surface area contributed by atoms with Crippen molar-refractivity contribution in [3.63, 3.8) is 0 Å². The average molecular weight is 389 g/mol. The second kappa shape index (κ2) is 8.80. The molecule has 1 fully saturated rings. The Morgan fingerprint density at radius 2 is 2.18 bits per heavy atom. The molecule has 0 unspecified atom stereocenters. The summed E-state index contributed by atoms with van der Waals surface area (Å²) in [6.45, 7) is 8.14. The van der Waals surface area contributed by atoms with Gasteiger partial charge < -0.3 is 20.3 Å². The number of hydrogen-bond acceptors (Lipinski definition) is 5. The van der Waals surface area contributed by atoms with Gasteiger partial charge in [0.15, 0.2) is 0 Å². The molecule has 0 spiro atoms. The molecule has 7 nitrogen and oxygen atoms in total. The van der Waals surface area contributed by atoms with Crippen molar-refractivity contribution in [2.45, 2.75) is 58.5 Å². The van der Waals surface area contributed by atoms with Gasteiger partial charge in [-0.2, -0.15) is 0 Å². The molecule has 0 bridgehead atoms. The zero-order valence-corrected chi connectivity index (χ0v) is 17.2. The third-order valence-corrected chi connectivity index (χ3v) is 5.07. The van der Waals surface area contributed by atoms with E-state index in [1.807, 2.05) is 20.8 Å². The van der Waals surface area contributed by atoms with Gasteiger partial charge in [0.1, 0.15) is 11.4 Å². The van der Waals surface area contributed by atoms with E-state index < -0.39 is 5.60 Å². The van der Waals surface area contributed by atoms with Crippen LogP contribution in [-0.2, 0) is 22.4 Å². The van der Waals surface area contributed by atoms with Crippen molar-refractivity contribution >= 4 is 17.8 Å². The molecule has 1 aromatic heterocycles. The van der Waals surface area contributed by atoms with Gasteiger partial charge in [0.2, 0.25) is 5.91 Å². The second-order valence-corrected chi connectivity index (χ2v) is 8.65. The molecule has 3 rings (SSSR count). The van der Waals surface area contributed by atoms with Crippen molar-refractivity contribution in [1.82, 2.24) is 15.2 Å². The van der Waals surface area contributed by atoms with Crippen LogP contribution in [0.1, 0.15) is 51.3 Å². The normalized spacial score (nSPS) is 19.0. The lowest BCUT2D eigenvalue weighted by molar-refractivity contribution is -0.124. The number of aromatic nitrogens is 1. The summed E-state index contributed by atoms with van der Waals surface area (Å²) in [4.78, 5) is 30.8. The number of aryl methyl sites for hydroxylation is 2. The van der Waals surface area contributed by atoms with Gasteiger partial charge in [0.05, 0.1) is 5.92 Å². The standard InChI is InChI=1S/C21H32N4O3/c1-21(2,3)28-20(27)25-13-10-16(14-25)19(26)23-12-5-7-17-9-8-15-6-4-11-22-18(15)24-17/h8-9,16H,4-7,10-14H2,1-3H3,(H,22,24)(H,23,26)/t16-/m1/s1. The van der Waals surface area contributed by atoms with E-state index >= 15 is 0 Å². The van der Waals surface area contributed by atoms with Gasteiger partial charge in [-0.3, -0.25) is 4.79 Å². The molecule has 1 saturated heterocycles. The summed E-state index contributed by atoms with van der Waals surface area (Å²) >= 11 is 0. The lowest BCUT2D eigenvalue weighted by Crippen LogP contribution is -2.37. The highest BCUT2D eigenvalue weighted by molar-refractivity contribution is 5.80. The van der Waals surface area contributed by atoms with Gasteiger partial charge >= 0.3 is 6.09 Å². The molecular formula is C21H32N4O3. The van der Waals surface area contributed by atoms with E-state index in [1.165, 1.54) is 5.56 Å². The Labute approximate surface area is 167 Å². The fourth-order valence-electron chi connectivity index (χ4n) is 3.60. The molecule has 2 aliphatic heterocycles. The van der Waals surface area contributed by atoms with Crippen molar-refractivity contribution in [3.8, 4) is 0 Å². The second-order valence-electron chi connectivity index (χ2n) is 8.65. The topological polar surface area (TPSA) is 83.6 Å². The van der Waals surface area contributed by atoms with E-state index in [0.29, 0.717) is 26.1 Å². The highest BCUT2D eigenvalue weighted by atomic mass is 16.6. The van der Waals surface area contributed by atoms with Crippen molar-refractivity contribution in [3.05, 3.63) is 23.4 Å². The van der Waals surface area contributed by atoms with E-state index in [-0.39, 0.29) is 17.9 Å². The molecule has 0 aromatic carbocycles. The molecule has 28 heavy (non-hydrogen) atoms. The number of likely N-dealkylation sites (tertiary alicyclic amines) is 1. The Kier molecular flexibility index (Phi) is 6.42. The van der Waals surface area contributed by atoms with Crippen molar-refractivity contribution in [2.75, 3.05) is 31.5 Å². The monoisotopic (exact) mass is 388 g/mol. The minimum atomic E-state index is -0.516. The van der Waals surface area contributed by atoms with E-state index in [1.54, 1.807) is 4.90 Å². The maximum absolute atomic E-state index is 12.4. The summed E-state index contributed by atoms with van der Waals surface area (Å²) in [5.41, 5.74) is 1.83. The largest absolute Gasteiger partial charge is 0.444 e. The Morgan fingerprint density at radius 3 is 2.96 bits per heavy atom. The van der Waals surface area contributed by atoms with E-state index in [9.17, 15) is 9.59 Å². The number of anilines is 1. The average Bonchev–Trinajstić information content (AvgIpc) is 3.14. The number of hydrogen-bond donors (Lipinski definition) is 2. The van der Waals surface area contributed by atoms with Crippen LogP contribution in [0.15, 0.2) is 12.1 Å². The summed E-state index contributed by atoms with van der Waals surface area (Å²) < 4.78 is 5.38. The summed E-state index contributed by atoms with van der Waals surface area (Å²) in [5.74, 6) is 0.880. The van der Waals surface area contributed by atoms with Gasteiger partial charge in [-0.15, -0.1) is 0 Å². The van der Waals surface area contributed by atoms with Gasteiger partial charge in [-0.25, -0.2) is 9.78 Å². The first-order chi connectivity index (χ1) is 13.3. The van der Waals surface area contributed by atoms with Crippen LogP contribution in [0.3, 0.4) is 0 Å². The lowest BCUT2D eigenvalue weighted by Gasteiger charge is -2.24. The Bertz CT molecular complexity index is 714. The molecule has 2 aliphatic rings. The zero-order chi connectivity index (χ0) is 20.1. The Hall–Kier alpha value is -2.31. The summed E-state index contributed by atoms with van der Waals surface area (Å²) in [6.07, 6.45) is 4.28. The summed E-state index contributed by atoms with van der Waals surface area (Å²) in [7, 11) is 0. The smallest absolute Gasteiger partial charge is 0.410 e. The molecule has 0 radical (unpaired) electrons. The lowest BCUT2D eigenvalue weighted by atomic mass is 10.1. The maximum atomic E-state index is 12.4. The number of nitrogens with zero attached hydrogens (tertiary/aromatic N) is 2. The Balaban J connectivity index is 1.37. The third kappa shape index (κ3) is 5.59. The summed E-state index contributed by atoms with van der Waals surface area (Å²) in [5, 5.41) is 6.36. The molecule has 7 heteroatoms. The van der Waals surface area contributed by atoms with E-state index in [2.05, 4.69) is 27.8 Å². The molecule has 2 amide bonds. The number of fused-ring (bicyclic) bond motifs is 1. The maximum Gasteiger partial charge on any atom is 0.410 e. The number of amides is 2. The van der Waals surface area contributed by atoms with E-state index in [4.69, 9.17) is 4.74 Å². The van der Waals surface area contributed by atoms with Crippen LogP contribution in [0.25, 0.3) is 0 Å². The highest BCUT2D eigenvalue weighted by Crippen LogP contribution is 2.21. The number of carbonyl (C=O) groups is 2. The number of pyridine rings is 1. The molecule has 2 N–H and O–H groups in total. The highest BCUT2D eigenvalue weighted by Gasteiger charge is 2.33. The van der Waals surface area contributed by atoms with Crippen molar-refractivity contribution in [1.29, 1.82) is 0 Å². The predicted octanol–water partition coefficient (Wildman–Crippen LogP) is 2.75. The predicted molar refractivity (Wildman–Crippen MR) is 108 cm³/mol. The number of nitrogens with one attached hydrogen (secondary N) is 2. The van der Waals surface area contributed by atoms with Crippen LogP contribution in [0.2, 0.25) is 0 Å². The first kappa shape index (κ1) is 20.4. The fraction of sp³-hybridized carbons (Fsp3) is 0.667. The van der Waals surface area contributed by atoms with Crippen LogP contribution in [0.4, 0.5) is 10.6 Å². The zero-order valence-electron chi connectivity index (χ0n) is 17.2. The minimum Gasteiger partial charge on any atom is -0.444 e.